The maximum absolute atomic E-state index is 12.6. The number of aromatic nitrogens is 3. The zero-order chi connectivity index (χ0) is 15.4. The number of hydrogen-bond donors (Lipinski definition) is 0. The van der Waals surface area contributed by atoms with E-state index < -0.39 is 0 Å². The van der Waals surface area contributed by atoms with E-state index in [9.17, 15) is 4.79 Å². The molecule has 1 saturated heterocycles. The highest BCUT2D eigenvalue weighted by atomic mass is 16.5. The number of rotatable bonds is 3. The molecule has 0 N–H and O–H groups in total. The molecule has 0 aromatic carbocycles. The standard InChI is InChI=1S/C16H18N4O2/c1-20(13-5-7-22-8-6-13)16(21)15-4-2-3-14(19-15)12-9-17-11-18-10-12/h2-4,9-11,13H,5-8H2,1H3. The summed E-state index contributed by atoms with van der Waals surface area (Å²) in [6.07, 6.45) is 6.58. The highest BCUT2D eigenvalue weighted by Crippen LogP contribution is 2.18. The fraction of sp³-hybridized carbons (Fsp3) is 0.375. The van der Waals surface area contributed by atoms with Gasteiger partial charge in [0.05, 0.1) is 5.69 Å². The minimum atomic E-state index is -0.0643. The number of nitrogens with zero attached hydrogens (tertiary/aromatic N) is 4. The summed E-state index contributed by atoms with van der Waals surface area (Å²) in [6.45, 7) is 1.41. The number of pyridine rings is 1. The lowest BCUT2D eigenvalue weighted by Crippen LogP contribution is -2.40. The molecule has 0 unspecified atom stereocenters. The van der Waals surface area contributed by atoms with Gasteiger partial charge in [-0.2, -0.15) is 0 Å². The third-order valence-electron chi connectivity index (χ3n) is 3.88. The van der Waals surface area contributed by atoms with Crippen LogP contribution in [0.25, 0.3) is 11.3 Å². The van der Waals surface area contributed by atoms with E-state index in [0.29, 0.717) is 24.6 Å². The Balaban J connectivity index is 1.81. The zero-order valence-electron chi connectivity index (χ0n) is 12.5. The minimum absolute atomic E-state index is 0.0643. The number of carbonyl (C=O) groups is 1. The highest BCUT2D eigenvalue weighted by Gasteiger charge is 2.24. The lowest BCUT2D eigenvalue weighted by molar-refractivity contribution is 0.0359. The highest BCUT2D eigenvalue weighted by molar-refractivity contribution is 5.92. The first kappa shape index (κ1) is 14.6. The molecule has 0 aliphatic carbocycles. The molecule has 22 heavy (non-hydrogen) atoms. The molecule has 1 amide bonds. The van der Waals surface area contributed by atoms with Gasteiger partial charge in [-0.25, -0.2) is 15.0 Å². The van der Waals surface area contributed by atoms with Crippen LogP contribution in [0.15, 0.2) is 36.9 Å². The van der Waals surface area contributed by atoms with Crippen molar-refractivity contribution in [3.05, 3.63) is 42.6 Å². The Morgan fingerprint density at radius 1 is 1.23 bits per heavy atom. The Bertz CT molecular complexity index is 642. The van der Waals surface area contributed by atoms with E-state index in [-0.39, 0.29) is 11.9 Å². The van der Waals surface area contributed by atoms with Crippen LogP contribution in [0.5, 0.6) is 0 Å². The molecule has 0 radical (unpaired) electrons. The predicted molar refractivity (Wildman–Crippen MR) is 81.2 cm³/mol. The summed E-state index contributed by atoms with van der Waals surface area (Å²) < 4.78 is 5.34. The van der Waals surface area contributed by atoms with Crippen molar-refractivity contribution in [2.45, 2.75) is 18.9 Å². The van der Waals surface area contributed by atoms with Gasteiger partial charge in [0.25, 0.3) is 5.91 Å². The first-order valence-corrected chi connectivity index (χ1v) is 7.33. The number of amides is 1. The number of hydrogen-bond acceptors (Lipinski definition) is 5. The maximum atomic E-state index is 12.6. The van der Waals surface area contributed by atoms with Crippen LogP contribution >= 0.6 is 0 Å². The Morgan fingerprint density at radius 3 is 2.68 bits per heavy atom. The monoisotopic (exact) mass is 298 g/mol. The molecule has 3 heterocycles. The third-order valence-corrected chi connectivity index (χ3v) is 3.88. The van der Waals surface area contributed by atoms with Crippen molar-refractivity contribution in [2.24, 2.45) is 0 Å². The molecule has 1 aliphatic heterocycles. The van der Waals surface area contributed by atoms with Crippen LogP contribution in [0.2, 0.25) is 0 Å². The largest absolute Gasteiger partial charge is 0.381 e. The van der Waals surface area contributed by atoms with Gasteiger partial charge >= 0.3 is 0 Å². The van der Waals surface area contributed by atoms with Crippen molar-refractivity contribution in [1.29, 1.82) is 0 Å². The van der Waals surface area contributed by atoms with Crippen molar-refractivity contribution >= 4 is 5.91 Å². The van der Waals surface area contributed by atoms with Gasteiger partial charge in [0, 0.05) is 44.3 Å². The molecule has 6 nitrogen and oxygen atoms in total. The molecule has 2 aromatic rings. The van der Waals surface area contributed by atoms with E-state index in [1.165, 1.54) is 6.33 Å². The van der Waals surface area contributed by atoms with E-state index in [4.69, 9.17) is 4.74 Å². The van der Waals surface area contributed by atoms with Crippen molar-refractivity contribution in [3.63, 3.8) is 0 Å². The smallest absolute Gasteiger partial charge is 0.272 e. The molecule has 1 fully saturated rings. The molecule has 0 saturated carbocycles. The Kier molecular flexibility index (Phi) is 4.39. The number of carbonyl (C=O) groups excluding carboxylic acids is 1. The summed E-state index contributed by atoms with van der Waals surface area (Å²) in [5.41, 5.74) is 1.94. The van der Waals surface area contributed by atoms with Crippen LogP contribution in [-0.2, 0) is 4.74 Å². The topological polar surface area (TPSA) is 68.2 Å². The second-order valence-electron chi connectivity index (χ2n) is 5.29. The van der Waals surface area contributed by atoms with Gasteiger partial charge in [0.15, 0.2) is 0 Å². The average Bonchev–Trinajstić information content (AvgIpc) is 2.62. The Morgan fingerprint density at radius 2 is 1.95 bits per heavy atom. The molecule has 0 spiro atoms. The maximum Gasteiger partial charge on any atom is 0.272 e. The first-order chi connectivity index (χ1) is 10.8. The van der Waals surface area contributed by atoms with Gasteiger partial charge in [0.1, 0.15) is 12.0 Å². The van der Waals surface area contributed by atoms with Crippen molar-refractivity contribution in [1.82, 2.24) is 19.9 Å². The van der Waals surface area contributed by atoms with Crippen molar-refractivity contribution < 1.29 is 9.53 Å². The van der Waals surface area contributed by atoms with Gasteiger partial charge in [-0.1, -0.05) is 6.07 Å². The van der Waals surface area contributed by atoms with Crippen LogP contribution in [0, 0.1) is 0 Å². The van der Waals surface area contributed by atoms with E-state index in [2.05, 4.69) is 15.0 Å². The van der Waals surface area contributed by atoms with E-state index in [1.807, 2.05) is 19.2 Å². The summed E-state index contributed by atoms with van der Waals surface area (Å²) in [6, 6.07) is 5.64. The lowest BCUT2D eigenvalue weighted by Gasteiger charge is -2.31. The molecular formula is C16H18N4O2. The molecule has 3 rings (SSSR count). The van der Waals surface area contributed by atoms with E-state index in [0.717, 1.165) is 18.4 Å². The van der Waals surface area contributed by atoms with Gasteiger partial charge in [-0.05, 0) is 25.0 Å². The fourth-order valence-electron chi connectivity index (χ4n) is 2.56. The summed E-state index contributed by atoms with van der Waals surface area (Å²) >= 11 is 0. The molecule has 6 heteroatoms. The number of ether oxygens (including phenoxy) is 1. The van der Waals surface area contributed by atoms with Crippen LogP contribution < -0.4 is 0 Å². The van der Waals surface area contributed by atoms with Crippen LogP contribution in [-0.4, -0.2) is 52.1 Å². The minimum Gasteiger partial charge on any atom is -0.381 e. The second kappa shape index (κ2) is 6.62. The Labute approximate surface area is 129 Å². The van der Waals surface area contributed by atoms with Crippen LogP contribution in [0.4, 0.5) is 0 Å². The second-order valence-corrected chi connectivity index (χ2v) is 5.29. The van der Waals surface area contributed by atoms with Crippen molar-refractivity contribution in [3.8, 4) is 11.3 Å². The summed E-state index contributed by atoms with van der Waals surface area (Å²) in [7, 11) is 1.83. The molecule has 0 atom stereocenters. The zero-order valence-corrected chi connectivity index (χ0v) is 12.5. The molecule has 1 aliphatic rings. The van der Waals surface area contributed by atoms with Gasteiger partial charge in [0.2, 0.25) is 0 Å². The average molecular weight is 298 g/mol. The molecule has 114 valence electrons. The van der Waals surface area contributed by atoms with Gasteiger partial charge in [-0.3, -0.25) is 4.79 Å². The quantitative estimate of drug-likeness (QED) is 0.864. The molecule has 2 aromatic heterocycles. The van der Waals surface area contributed by atoms with Gasteiger partial charge in [-0.15, -0.1) is 0 Å². The van der Waals surface area contributed by atoms with E-state index in [1.54, 1.807) is 23.4 Å². The Hall–Kier alpha value is -2.34. The lowest BCUT2D eigenvalue weighted by atomic mass is 10.1. The normalized spacial score (nSPS) is 15.5. The summed E-state index contributed by atoms with van der Waals surface area (Å²) in [5.74, 6) is -0.0643. The molecule has 0 bridgehead atoms. The molecular weight excluding hydrogens is 280 g/mol. The van der Waals surface area contributed by atoms with Crippen LogP contribution in [0.1, 0.15) is 23.3 Å². The van der Waals surface area contributed by atoms with Gasteiger partial charge < -0.3 is 9.64 Å². The van der Waals surface area contributed by atoms with Crippen LogP contribution in [0.3, 0.4) is 0 Å². The van der Waals surface area contributed by atoms with Crippen molar-refractivity contribution in [2.75, 3.05) is 20.3 Å². The summed E-state index contributed by atoms with van der Waals surface area (Å²) in [4.78, 5) is 26.8. The predicted octanol–water partition coefficient (Wildman–Crippen LogP) is 1.79. The fourth-order valence-corrected chi connectivity index (χ4v) is 2.56. The third kappa shape index (κ3) is 3.12. The SMILES string of the molecule is CN(C(=O)c1cccc(-c2cncnc2)n1)C1CCOCC1. The first-order valence-electron chi connectivity index (χ1n) is 7.33. The summed E-state index contributed by atoms with van der Waals surface area (Å²) in [5, 5.41) is 0. The van der Waals surface area contributed by atoms with E-state index >= 15 is 0 Å².